The fourth-order valence-electron chi connectivity index (χ4n) is 4.39. The van der Waals surface area contributed by atoms with Crippen molar-refractivity contribution >= 4 is 13.7 Å². The van der Waals surface area contributed by atoms with Crippen molar-refractivity contribution in [3.05, 3.63) is 24.3 Å². The Morgan fingerprint density at radius 3 is 1.88 bits per heavy atom. The molecule has 2 N–H and O–H groups in total. The Bertz CT molecular complexity index is 753. The number of aliphatic hydroxyl groups excluding tert-OH is 1. The number of allylic oxidation sites excluding steroid dienone is 3. The van der Waals surface area contributed by atoms with E-state index >= 15 is 0 Å². The quantitative estimate of drug-likeness (QED) is 0.0398. The second-order valence-corrected chi connectivity index (χ2v) is 13.9. The summed E-state index contributed by atoms with van der Waals surface area (Å²) in [5, 5.41) is 13.6. The van der Waals surface area contributed by atoms with Crippen LogP contribution in [0, 0.1) is 0 Å². The first-order valence-electron chi connectivity index (χ1n) is 16.7. The lowest BCUT2D eigenvalue weighted by molar-refractivity contribution is -0.870. The number of amides is 1. The van der Waals surface area contributed by atoms with Crippen molar-refractivity contribution in [2.45, 2.75) is 142 Å². The SMILES string of the molecule is CCCCCC/C=C\CCCC(=O)NC(COP(=O)([O-])OCC[N+](C)(C)C)C(O)/C=C/CCCCCCCCCCC. The smallest absolute Gasteiger partial charge is 0.268 e. The summed E-state index contributed by atoms with van der Waals surface area (Å²) in [4.78, 5) is 24.9. The van der Waals surface area contributed by atoms with Crippen LogP contribution in [0.3, 0.4) is 0 Å². The van der Waals surface area contributed by atoms with E-state index in [0.29, 0.717) is 23.9 Å². The molecule has 9 heteroatoms. The molecule has 1 amide bonds. The number of phosphoric acid groups is 1. The minimum Gasteiger partial charge on any atom is -0.756 e. The van der Waals surface area contributed by atoms with E-state index in [9.17, 15) is 19.4 Å². The summed E-state index contributed by atoms with van der Waals surface area (Å²) in [5.41, 5.74) is 0. The van der Waals surface area contributed by atoms with Crippen LogP contribution in [-0.2, 0) is 18.4 Å². The largest absolute Gasteiger partial charge is 0.756 e. The highest BCUT2D eigenvalue weighted by molar-refractivity contribution is 7.45. The van der Waals surface area contributed by atoms with Crippen LogP contribution in [0.4, 0.5) is 0 Å². The lowest BCUT2D eigenvalue weighted by atomic mass is 10.1. The Morgan fingerprint density at radius 1 is 0.810 bits per heavy atom. The number of nitrogens with one attached hydrogen (secondary N) is 1. The average molecular weight is 617 g/mol. The molecule has 0 saturated carbocycles. The predicted octanol–water partition coefficient (Wildman–Crippen LogP) is 7.21. The molecule has 0 rings (SSSR count). The van der Waals surface area contributed by atoms with E-state index in [2.05, 4.69) is 31.3 Å². The Balaban J connectivity index is 4.69. The number of rotatable bonds is 29. The highest BCUT2D eigenvalue weighted by atomic mass is 31.2. The van der Waals surface area contributed by atoms with Crippen molar-refractivity contribution < 1.29 is 32.9 Å². The third-order valence-corrected chi connectivity index (χ3v) is 8.12. The maximum atomic E-state index is 12.6. The van der Waals surface area contributed by atoms with Crippen molar-refractivity contribution in [1.82, 2.24) is 5.32 Å². The van der Waals surface area contributed by atoms with Crippen LogP contribution < -0.4 is 10.2 Å². The fourth-order valence-corrected chi connectivity index (χ4v) is 5.11. The Hall–Kier alpha value is -1.02. The van der Waals surface area contributed by atoms with Crippen molar-refractivity contribution in [2.75, 3.05) is 40.9 Å². The highest BCUT2D eigenvalue weighted by Gasteiger charge is 2.23. The van der Waals surface area contributed by atoms with E-state index < -0.39 is 26.6 Å². The van der Waals surface area contributed by atoms with Gasteiger partial charge in [-0.1, -0.05) is 109 Å². The minimum absolute atomic E-state index is 0.00534. The zero-order valence-electron chi connectivity index (χ0n) is 27.7. The first-order valence-corrected chi connectivity index (χ1v) is 18.2. The van der Waals surface area contributed by atoms with Gasteiger partial charge in [-0.25, -0.2) is 0 Å². The summed E-state index contributed by atoms with van der Waals surface area (Å²) in [6.07, 6.45) is 26.6. The van der Waals surface area contributed by atoms with Gasteiger partial charge in [-0.3, -0.25) is 9.36 Å². The molecule has 0 aromatic rings. The maximum Gasteiger partial charge on any atom is 0.268 e. The number of carbonyl (C=O) groups excluding carboxylic acids is 1. The van der Waals surface area contributed by atoms with E-state index in [1.807, 2.05) is 27.2 Å². The number of nitrogens with zero attached hydrogens (tertiary/aromatic N) is 1. The van der Waals surface area contributed by atoms with Gasteiger partial charge in [0.05, 0.1) is 39.9 Å². The molecule has 0 aromatic carbocycles. The van der Waals surface area contributed by atoms with Gasteiger partial charge in [-0.2, -0.15) is 0 Å². The topological polar surface area (TPSA) is 108 Å². The standard InChI is InChI=1S/C33H65N2O6P/c1-6-8-10-12-14-16-17-19-20-22-24-26-32(36)31(30-41-42(38,39)40-29-28-35(3,4)5)34-33(37)27-25-23-21-18-15-13-11-9-7-2/h18,21,24,26,31-32,36H,6-17,19-20,22-23,25,27-30H2,1-5H3,(H-,34,37,38,39)/b21-18-,26-24+. The molecule has 0 aliphatic rings. The molecule has 248 valence electrons. The summed E-state index contributed by atoms with van der Waals surface area (Å²) in [5.74, 6) is -0.238. The van der Waals surface area contributed by atoms with E-state index in [1.165, 1.54) is 70.6 Å². The van der Waals surface area contributed by atoms with Crippen LogP contribution in [-0.4, -0.2) is 68.5 Å². The number of phosphoric ester groups is 1. The number of hydrogen-bond donors (Lipinski definition) is 2. The van der Waals surface area contributed by atoms with E-state index in [1.54, 1.807) is 6.08 Å². The van der Waals surface area contributed by atoms with E-state index in [0.717, 1.165) is 32.1 Å². The first-order chi connectivity index (χ1) is 20.0. The molecule has 0 bridgehead atoms. The van der Waals surface area contributed by atoms with Gasteiger partial charge in [-0.05, 0) is 38.5 Å². The molecular weight excluding hydrogens is 551 g/mol. The molecule has 3 unspecified atom stereocenters. The monoisotopic (exact) mass is 616 g/mol. The van der Waals surface area contributed by atoms with Crippen molar-refractivity contribution in [3.8, 4) is 0 Å². The third-order valence-electron chi connectivity index (χ3n) is 7.16. The van der Waals surface area contributed by atoms with Crippen LogP contribution in [0.5, 0.6) is 0 Å². The lowest BCUT2D eigenvalue weighted by Crippen LogP contribution is -2.45. The number of unbranched alkanes of at least 4 members (excludes halogenated alkanes) is 14. The minimum atomic E-state index is -4.57. The van der Waals surface area contributed by atoms with Gasteiger partial charge >= 0.3 is 0 Å². The summed E-state index contributed by atoms with van der Waals surface area (Å²) < 4.78 is 22.9. The normalized spacial score (nSPS) is 15.3. The summed E-state index contributed by atoms with van der Waals surface area (Å²) in [7, 11) is 1.24. The molecule has 42 heavy (non-hydrogen) atoms. The zero-order valence-corrected chi connectivity index (χ0v) is 28.6. The van der Waals surface area contributed by atoms with Gasteiger partial charge in [0, 0.05) is 6.42 Å². The van der Waals surface area contributed by atoms with Crippen molar-refractivity contribution in [2.24, 2.45) is 0 Å². The molecule has 0 fully saturated rings. The van der Waals surface area contributed by atoms with Crippen LogP contribution in [0.25, 0.3) is 0 Å². The van der Waals surface area contributed by atoms with Gasteiger partial charge in [-0.15, -0.1) is 0 Å². The van der Waals surface area contributed by atoms with Crippen LogP contribution in [0.15, 0.2) is 24.3 Å². The first kappa shape index (κ1) is 41.0. The second kappa shape index (κ2) is 26.4. The van der Waals surface area contributed by atoms with E-state index in [-0.39, 0.29) is 12.5 Å². The summed E-state index contributed by atoms with van der Waals surface area (Å²) in [6, 6.07) is -0.893. The van der Waals surface area contributed by atoms with Gasteiger partial charge < -0.3 is 28.8 Å². The second-order valence-electron chi connectivity index (χ2n) is 12.5. The summed E-state index contributed by atoms with van der Waals surface area (Å²) in [6.45, 7) is 4.53. The lowest BCUT2D eigenvalue weighted by Gasteiger charge is -2.29. The maximum absolute atomic E-state index is 12.6. The Morgan fingerprint density at radius 2 is 1.31 bits per heavy atom. The molecule has 0 radical (unpaired) electrons. The van der Waals surface area contributed by atoms with Crippen LogP contribution in [0.1, 0.15) is 129 Å². The molecule has 0 aliphatic carbocycles. The van der Waals surface area contributed by atoms with E-state index in [4.69, 9.17) is 9.05 Å². The van der Waals surface area contributed by atoms with Gasteiger partial charge in [0.1, 0.15) is 13.2 Å². The Labute approximate surface area is 258 Å². The number of carbonyl (C=O) groups is 1. The van der Waals surface area contributed by atoms with Crippen molar-refractivity contribution in [1.29, 1.82) is 0 Å². The molecule has 0 spiro atoms. The molecule has 3 atom stereocenters. The van der Waals surface area contributed by atoms with Gasteiger partial charge in [0.15, 0.2) is 0 Å². The molecular formula is C33H65N2O6P. The molecule has 0 aliphatic heterocycles. The Kier molecular flexibility index (Phi) is 25.7. The van der Waals surface area contributed by atoms with Gasteiger partial charge in [0.2, 0.25) is 5.91 Å². The number of likely N-dealkylation sites (N-methyl/N-ethyl adjacent to an activating group) is 1. The molecule has 0 heterocycles. The fraction of sp³-hybridized carbons (Fsp3) is 0.848. The molecule has 0 aromatic heterocycles. The summed E-state index contributed by atoms with van der Waals surface area (Å²) >= 11 is 0. The van der Waals surface area contributed by atoms with Crippen LogP contribution in [0.2, 0.25) is 0 Å². The molecule has 0 saturated heterocycles. The molecule has 8 nitrogen and oxygen atoms in total. The van der Waals surface area contributed by atoms with Gasteiger partial charge in [0.25, 0.3) is 7.82 Å². The average Bonchev–Trinajstić information content (AvgIpc) is 2.92. The zero-order chi connectivity index (χ0) is 31.5. The third kappa shape index (κ3) is 27.8. The number of hydrogen-bond acceptors (Lipinski definition) is 6. The highest BCUT2D eigenvalue weighted by Crippen LogP contribution is 2.38. The van der Waals surface area contributed by atoms with Crippen molar-refractivity contribution in [3.63, 3.8) is 0 Å². The van der Waals surface area contributed by atoms with Crippen LogP contribution >= 0.6 is 7.82 Å². The number of quaternary nitrogens is 1. The predicted molar refractivity (Wildman–Crippen MR) is 173 cm³/mol. The number of aliphatic hydroxyl groups is 1.